The van der Waals surface area contributed by atoms with E-state index >= 15 is 0 Å². The van der Waals surface area contributed by atoms with E-state index in [1.165, 1.54) is 0 Å². The fourth-order valence-electron chi connectivity index (χ4n) is 1.38. The van der Waals surface area contributed by atoms with E-state index in [0.717, 1.165) is 16.9 Å². The number of aryl methyl sites for hydroxylation is 1. The van der Waals surface area contributed by atoms with E-state index in [9.17, 15) is 0 Å². The number of nitrogens with two attached hydrogens (primary N) is 1. The Bertz CT molecular complexity index is 342. The minimum Gasteiger partial charge on any atom is -0.492 e. The van der Waals surface area contributed by atoms with Crippen LogP contribution < -0.4 is 10.5 Å². The van der Waals surface area contributed by atoms with Crippen LogP contribution in [0.4, 0.5) is 0 Å². The Morgan fingerprint density at radius 3 is 2.75 bits per heavy atom. The normalized spacial score (nSPS) is 10.5. The molecular weight excluding hydrogens is 226 g/mol. The van der Waals surface area contributed by atoms with Gasteiger partial charge in [-0.05, 0) is 37.1 Å². The number of ether oxygens (including phenoxy) is 2. The lowest BCUT2D eigenvalue weighted by molar-refractivity contribution is 0.128. The number of hydrogen-bond acceptors (Lipinski definition) is 3. The molecule has 1 rings (SSSR count). The maximum atomic E-state index is 6.09. The Balaban J connectivity index is 2.75. The molecule has 0 aliphatic carbocycles. The second-order valence-corrected chi connectivity index (χ2v) is 3.89. The van der Waals surface area contributed by atoms with Gasteiger partial charge >= 0.3 is 0 Å². The van der Waals surface area contributed by atoms with Crippen LogP contribution in [0.2, 0.25) is 5.02 Å². The van der Waals surface area contributed by atoms with E-state index in [0.29, 0.717) is 31.4 Å². The Morgan fingerprint density at radius 2 is 2.12 bits per heavy atom. The van der Waals surface area contributed by atoms with E-state index in [1.807, 2.05) is 26.0 Å². The number of rotatable bonds is 6. The molecule has 0 atom stereocenters. The molecule has 0 heterocycles. The SMILES string of the molecule is CCOc1cc(C)c(COCCN)cc1Cl. The maximum absolute atomic E-state index is 6.09. The van der Waals surface area contributed by atoms with Gasteiger partial charge in [-0.1, -0.05) is 11.6 Å². The molecule has 0 radical (unpaired) electrons. The highest BCUT2D eigenvalue weighted by molar-refractivity contribution is 6.32. The van der Waals surface area contributed by atoms with Crippen LogP contribution in [0.3, 0.4) is 0 Å². The van der Waals surface area contributed by atoms with Gasteiger partial charge in [-0.2, -0.15) is 0 Å². The van der Waals surface area contributed by atoms with E-state index in [4.69, 9.17) is 26.8 Å². The van der Waals surface area contributed by atoms with E-state index in [2.05, 4.69) is 0 Å². The zero-order chi connectivity index (χ0) is 12.0. The van der Waals surface area contributed by atoms with Crippen molar-refractivity contribution in [1.29, 1.82) is 0 Å². The number of halogens is 1. The summed E-state index contributed by atoms with van der Waals surface area (Å²) in [4.78, 5) is 0. The van der Waals surface area contributed by atoms with Crippen LogP contribution in [-0.2, 0) is 11.3 Å². The second-order valence-electron chi connectivity index (χ2n) is 3.48. The van der Waals surface area contributed by atoms with Crippen molar-refractivity contribution in [3.63, 3.8) is 0 Å². The molecule has 0 unspecified atom stereocenters. The van der Waals surface area contributed by atoms with Crippen molar-refractivity contribution in [2.75, 3.05) is 19.8 Å². The Kier molecular flexibility index (Phi) is 5.60. The predicted octanol–water partition coefficient (Wildman–Crippen LogP) is 2.52. The standard InChI is InChI=1S/C12H18ClNO2/c1-3-16-12-6-9(2)10(7-11(12)13)8-15-5-4-14/h6-7H,3-5,8,14H2,1-2H3. The van der Waals surface area contributed by atoms with Crippen LogP contribution >= 0.6 is 11.6 Å². The Labute approximate surface area is 101 Å². The lowest BCUT2D eigenvalue weighted by atomic mass is 10.1. The number of hydrogen-bond donors (Lipinski definition) is 1. The second kappa shape index (κ2) is 6.74. The smallest absolute Gasteiger partial charge is 0.138 e. The molecule has 1 aromatic rings. The maximum Gasteiger partial charge on any atom is 0.138 e. The summed E-state index contributed by atoms with van der Waals surface area (Å²) in [6.45, 7) is 6.19. The highest BCUT2D eigenvalue weighted by Gasteiger charge is 2.06. The van der Waals surface area contributed by atoms with Gasteiger partial charge in [0.25, 0.3) is 0 Å². The largest absolute Gasteiger partial charge is 0.492 e. The highest BCUT2D eigenvalue weighted by atomic mass is 35.5. The van der Waals surface area contributed by atoms with Crippen LogP contribution in [-0.4, -0.2) is 19.8 Å². The quantitative estimate of drug-likeness (QED) is 0.781. The summed E-state index contributed by atoms with van der Waals surface area (Å²) in [7, 11) is 0. The molecule has 0 aliphatic heterocycles. The molecule has 90 valence electrons. The number of benzene rings is 1. The van der Waals surface area contributed by atoms with Crippen molar-refractivity contribution in [3.8, 4) is 5.75 Å². The summed E-state index contributed by atoms with van der Waals surface area (Å²) in [5.41, 5.74) is 7.54. The lowest BCUT2D eigenvalue weighted by Gasteiger charge is -2.11. The molecule has 1 aromatic carbocycles. The van der Waals surface area contributed by atoms with Crippen LogP contribution in [0, 0.1) is 6.92 Å². The van der Waals surface area contributed by atoms with Gasteiger partial charge in [0.1, 0.15) is 5.75 Å². The molecule has 0 fully saturated rings. The zero-order valence-electron chi connectivity index (χ0n) is 9.75. The molecule has 0 bridgehead atoms. The zero-order valence-corrected chi connectivity index (χ0v) is 10.5. The van der Waals surface area contributed by atoms with Crippen LogP contribution in [0.25, 0.3) is 0 Å². The van der Waals surface area contributed by atoms with Gasteiger partial charge in [-0.3, -0.25) is 0 Å². The van der Waals surface area contributed by atoms with E-state index in [1.54, 1.807) is 0 Å². The molecule has 0 saturated heterocycles. The first-order chi connectivity index (χ1) is 7.69. The van der Waals surface area contributed by atoms with Gasteiger partial charge in [0, 0.05) is 6.54 Å². The van der Waals surface area contributed by atoms with E-state index in [-0.39, 0.29) is 0 Å². The molecule has 0 spiro atoms. The molecule has 16 heavy (non-hydrogen) atoms. The van der Waals surface area contributed by atoms with Gasteiger partial charge in [-0.25, -0.2) is 0 Å². The van der Waals surface area contributed by atoms with Crippen molar-refractivity contribution in [2.24, 2.45) is 5.73 Å². The highest BCUT2D eigenvalue weighted by Crippen LogP contribution is 2.28. The summed E-state index contributed by atoms with van der Waals surface area (Å²) in [5.74, 6) is 0.726. The fraction of sp³-hybridized carbons (Fsp3) is 0.500. The summed E-state index contributed by atoms with van der Waals surface area (Å²) in [5, 5.41) is 0.624. The van der Waals surface area contributed by atoms with Crippen LogP contribution in [0.1, 0.15) is 18.1 Å². The van der Waals surface area contributed by atoms with E-state index < -0.39 is 0 Å². The minimum absolute atomic E-state index is 0.532. The molecule has 2 N–H and O–H groups in total. The molecule has 4 heteroatoms. The molecule has 0 amide bonds. The minimum atomic E-state index is 0.532. The van der Waals surface area contributed by atoms with Gasteiger partial charge < -0.3 is 15.2 Å². The van der Waals surface area contributed by atoms with Crippen LogP contribution in [0.15, 0.2) is 12.1 Å². The summed E-state index contributed by atoms with van der Waals surface area (Å²) < 4.78 is 10.8. The molecule has 0 aliphatic rings. The van der Waals surface area contributed by atoms with Crippen LogP contribution in [0.5, 0.6) is 5.75 Å². The van der Waals surface area contributed by atoms with Crippen molar-refractivity contribution in [1.82, 2.24) is 0 Å². The first-order valence-corrected chi connectivity index (χ1v) is 5.76. The fourth-order valence-corrected chi connectivity index (χ4v) is 1.62. The Hall–Kier alpha value is -0.770. The first-order valence-electron chi connectivity index (χ1n) is 5.38. The average molecular weight is 244 g/mol. The lowest BCUT2D eigenvalue weighted by Crippen LogP contribution is -2.08. The van der Waals surface area contributed by atoms with Gasteiger partial charge in [0.2, 0.25) is 0 Å². The summed E-state index contributed by atoms with van der Waals surface area (Å²) in [6.07, 6.45) is 0. The molecule has 0 aromatic heterocycles. The van der Waals surface area contributed by atoms with Crippen molar-refractivity contribution in [3.05, 3.63) is 28.3 Å². The third-order valence-electron chi connectivity index (χ3n) is 2.21. The van der Waals surface area contributed by atoms with Crippen molar-refractivity contribution >= 4 is 11.6 Å². The van der Waals surface area contributed by atoms with Crippen molar-refractivity contribution in [2.45, 2.75) is 20.5 Å². The monoisotopic (exact) mass is 243 g/mol. The first kappa shape index (κ1) is 13.3. The molecular formula is C12H18ClNO2. The van der Waals surface area contributed by atoms with Crippen molar-refractivity contribution < 1.29 is 9.47 Å². The Morgan fingerprint density at radius 1 is 1.38 bits per heavy atom. The van der Waals surface area contributed by atoms with Gasteiger partial charge in [0.05, 0.1) is 24.8 Å². The predicted molar refractivity (Wildman–Crippen MR) is 66.1 cm³/mol. The topological polar surface area (TPSA) is 44.5 Å². The summed E-state index contributed by atoms with van der Waals surface area (Å²) >= 11 is 6.09. The third-order valence-corrected chi connectivity index (χ3v) is 2.51. The average Bonchev–Trinajstić information content (AvgIpc) is 2.25. The van der Waals surface area contributed by atoms with Gasteiger partial charge in [-0.15, -0.1) is 0 Å². The molecule has 3 nitrogen and oxygen atoms in total. The molecule has 0 saturated carbocycles. The van der Waals surface area contributed by atoms with Gasteiger partial charge in [0.15, 0.2) is 0 Å². The summed E-state index contributed by atoms with van der Waals surface area (Å²) in [6, 6.07) is 3.82. The third kappa shape index (κ3) is 3.67.